The smallest absolute Gasteiger partial charge is 0.289 e. The predicted molar refractivity (Wildman–Crippen MR) is 97.8 cm³/mol. The highest BCUT2D eigenvalue weighted by atomic mass is 35.5. The van der Waals surface area contributed by atoms with Gasteiger partial charge in [0.2, 0.25) is 0 Å². The molecule has 23 heavy (non-hydrogen) atoms. The Morgan fingerprint density at radius 2 is 1.78 bits per heavy atom. The molecule has 4 rings (SSSR count). The van der Waals surface area contributed by atoms with E-state index in [1.54, 1.807) is 12.1 Å². The molecule has 0 amide bonds. The highest BCUT2D eigenvalue weighted by Crippen LogP contribution is 2.37. The molecule has 5 heteroatoms. The van der Waals surface area contributed by atoms with Gasteiger partial charge >= 0.3 is 0 Å². The van der Waals surface area contributed by atoms with Gasteiger partial charge in [-0.05, 0) is 47.3 Å². The summed E-state index contributed by atoms with van der Waals surface area (Å²) in [5.74, 6) is 0. The Balaban J connectivity index is 2.21. The molecule has 0 spiro atoms. The maximum Gasteiger partial charge on any atom is 0.289 e. The molecule has 112 valence electrons. The second-order valence-electron chi connectivity index (χ2n) is 5.11. The summed E-state index contributed by atoms with van der Waals surface area (Å²) < 4.78 is 5.63. The lowest BCUT2D eigenvalue weighted by atomic mass is 10.0. The van der Waals surface area contributed by atoms with Crippen molar-refractivity contribution in [3.8, 4) is 11.3 Å². The lowest BCUT2D eigenvalue weighted by Gasteiger charge is -2.10. The van der Waals surface area contributed by atoms with E-state index >= 15 is 0 Å². The van der Waals surface area contributed by atoms with Gasteiger partial charge in [0, 0.05) is 10.6 Å². The second kappa shape index (κ2) is 5.60. The number of aromatic nitrogens is 1. The summed E-state index contributed by atoms with van der Waals surface area (Å²) in [5.41, 5.74) is 2.17. The summed E-state index contributed by atoms with van der Waals surface area (Å²) in [6.45, 7) is 0. The monoisotopic (exact) mass is 357 g/mol. The van der Waals surface area contributed by atoms with Crippen LogP contribution in [0.15, 0.2) is 59.0 Å². The van der Waals surface area contributed by atoms with Gasteiger partial charge in [0.05, 0.1) is 16.1 Å². The molecule has 0 aliphatic rings. The maximum atomic E-state index is 6.38. The van der Waals surface area contributed by atoms with Gasteiger partial charge in [-0.1, -0.05) is 53.5 Å². The summed E-state index contributed by atoms with van der Waals surface area (Å²) in [7, 11) is 0. The molecule has 0 radical (unpaired) electrons. The van der Waals surface area contributed by atoms with Crippen molar-refractivity contribution in [2.45, 2.75) is 0 Å². The number of hydrogen-bond acceptors (Lipinski definition) is 3. The first kappa shape index (κ1) is 14.6. The van der Waals surface area contributed by atoms with Gasteiger partial charge in [-0.2, -0.15) is 0 Å². The molecular weight excluding hydrogens is 349 g/mol. The van der Waals surface area contributed by atoms with Crippen LogP contribution in [0.1, 0.15) is 0 Å². The Morgan fingerprint density at radius 1 is 0.957 bits per heavy atom. The van der Waals surface area contributed by atoms with Crippen molar-refractivity contribution < 1.29 is 4.42 Å². The zero-order valence-corrected chi connectivity index (χ0v) is 14.0. The van der Waals surface area contributed by atoms with Gasteiger partial charge in [-0.3, -0.25) is 0 Å². The number of halogens is 2. The average molecular weight is 358 g/mol. The minimum Gasteiger partial charge on any atom is -0.430 e. The van der Waals surface area contributed by atoms with E-state index in [1.807, 2.05) is 42.5 Å². The lowest BCUT2D eigenvalue weighted by molar-refractivity contribution is 0.562. The SMILES string of the molecule is S=c1nc(-c2ccc(Cl)cc2Cl)c2c(ccc3ccccc32)o1. The van der Waals surface area contributed by atoms with Crippen LogP contribution >= 0.6 is 35.4 Å². The van der Waals surface area contributed by atoms with Gasteiger partial charge in [0.25, 0.3) is 4.84 Å². The van der Waals surface area contributed by atoms with Crippen LogP contribution in [0, 0.1) is 4.84 Å². The molecule has 0 aliphatic carbocycles. The van der Waals surface area contributed by atoms with Crippen LogP contribution in [0.5, 0.6) is 0 Å². The van der Waals surface area contributed by atoms with Crippen molar-refractivity contribution in [1.29, 1.82) is 0 Å². The summed E-state index contributed by atoms with van der Waals surface area (Å²) in [6.07, 6.45) is 0. The van der Waals surface area contributed by atoms with Crippen molar-refractivity contribution in [2.24, 2.45) is 0 Å². The molecule has 0 aliphatic heterocycles. The quantitative estimate of drug-likeness (QED) is 0.280. The number of fused-ring (bicyclic) bond motifs is 3. The van der Waals surface area contributed by atoms with E-state index in [9.17, 15) is 0 Å². The number of benzene rings is 3. The minimum absolute atomic E-state index is 0.175. The Labute approximate surface area is 147 Å². The largest absolute Gasteiger partial charge is 0.430 e. The van der Waals surface area contributed by atoms with Crippen LogP contribution < -0.4 is 0 Å². The fraction of sp³-hybridized carbons (Fsp3) is 0. The molecular formula is C18H9Cl2NOS. The van der Waals surface area contributed by atoms with Crippen LogP contribution in [-0.4, -0.2) is 4.98 Å². The third kappa shape index (κ3) is 2.51. The summed E-state index contributed by atoms with van der Waals surface area (Å²) >= 11 is 17.6. The third-order valence-electron chi connectivity index (χ3n) is 3.71. The van der Waals surface area contributed by atoms with Gasteiger partial charge in [0.15, 0.2) is 0 Å². The third-order valence-corrected chi connectivity index (χ3v) is 4.44. The molecule has 0 saturated heterocycles. The summed E-state index contributed by atoms with van der Waals surface area (Å²) in [5, 5.41) is 4.13. The van der Waals surface area contributed by atoms with Crippen molar-refractivity contribution >= 4 is 57.2 Å². The van der Waals surface area contributed by atoms with Gasteiger partial charge in [0.1, 0.15) is 5.58 Å². The van der Waals surface area contributed by atoms with Crippen LogP contribution in [0.25, 0.3) is 33.0 Å². The Bertz CT molecular complexity index is 1120. The number of nitrogens with zero attached hydrogens (tertiary/aromatic N) is 1. The molecule has 2 nitrogen and oxygen atoms in total. The molecule has 1 aromatic heterocycles. The molecule has 3 aromatic carbocycles. The van der Waals surface area contributed by atoms with Crippen molar-refractivity contribution in [3.63, 3.8) is 0 Å². The van der Waals surface area contributed by atoms with Crippen LogP contribution in [0.2, 0.25) is 10.0 Å². The van der Waals surface area contributed by atoms with Gasteiger partial charge in [-0.15, -0.1) is 0 Å². The topological polar surface area (TPSA) is 26.0 Å². The van der Waals surface area contributed by atoms with E-state index in [2.05, 4.69) is 4.98 Å². The number of hydrogen-bond donors (Lipinski definition) is 0. The molecule has 0 saturated carbocycles. The number of rotatable bonds is 1. The van der Waals surface area contributed by atoms with E-state index in [0.29, 0.717) is 21.3 Å². The van der Waals surface area contributed by atoms with Crippen LogP contribution in [0.3, 0.4) is 0 Å². The van der Waals surface area contributed by atoms with E-state index in [4.69, 9.17) is 39.8 Å². The van der Waals surface area contributed by atoms with Gasteiger partial charge < -0.3 is 4.42 Å². The minimum atomic E-state index is 0.175. The lowest BCUT2D eigenvalue weighted by Crippen LogP contribution is -1.90. The fourth-order valence-electron chi connectivity index (χ4n) is 2.72. The van der Waals surface area contributed by atoms with Crippen molar-refractivity contribution in [1.82, 2.24) is 4.98 Å². The van der Waals surface area contributed by atoms with E-state index in [1.165, 1.54) is 0 Å². The second-order valence-corrected chi connectivity index (χ2v) is 6.31. The van der Waals surface area contributed by atoms with E-state index < -0.39 is 0 Å². The average Bonchev–Trinajstić information content (AvgIpc) is 2.53. The fourth-order valence-corrected chi connectivity index (χ4v) is 3.40. The molecule has 0 unspecified atom stereocenters. The molecule has 0 atom stereocenters. The summed E-state index contributed by atoms with van der Waals surface area (Å²) in [4.78, 5) is 4.61. The normalized spacial score (nSPS) is 11.2. The standard InChI is InChI=1S/C18H9Cl2NOS/c19-11-6-7-13(14(20)9-11)17-16-12-4-2-1-3-10(12)5-8-15(16)22-18(23)21-17/h1-9H. The first-order chi connectivity index (χ1) is 11.1. The van der Waals surface area contributed by atoms with E-state index in [-0.39, 0.29) is 4.84 Å². The molecule has 0 N–H and O–H groups in total. The van der Waals surface area contributed by atoms with Gasteiger partial charge in [-0.25, -0.2) is 4.98 Å². The highest BCUT2D eigenvalue weighted by Gasteiger charge is 2.14. The first-order valence-electron chi connectivity index (χ1n) is 6.91. The Hall–Kier alpha value is -1.94. The maximum absolute atomic E-state index is 6.38. The van der Waals surface area contributed by atoms with Crippen LogP contribution in [0.4, 0.5) is 0 Å². The summed E-state index contributed by atoms with van der Waals surface area (Å²) in [6, 6.07) is 17.3. The first-order valence-corrected chi connectivity index (χ1v) is 8.08. The molecule has 1 heterocycles. The predicted octanol–water partition coefficient (Wildman–Crippen LogP) is 6.68. The van der Waals surface area contributed by atoms with E-state index in [0.717, 1.165) is 21.7 Å². The molecule has 4 aromatic rings. The zero-order chi connectivity index (χ0) is 16.0. The van der Waals surface area contributed by atoms with Crippen molar-refractivity contribution in [3.05, 3.63) is 69.5 Å². The van der Waals surface area contributed by atoms with Crippen molar-refractivity contribution in [2.75, 3.05) is 0 Å². The Morgan fingerprint density at radius 3 is 2.61 bits per heavy atom. The zero-order valence-electron chi connectivity index (χ0n) is 11.7. The Kier molecular flexibility index (Phi) is 3.57. The van der Waals surface area contributed by atoms with Crippen LogP contribution in [-0.2, 0) is 0 Å². The highest BCUT2D eigenvalue weighted by molar-refractivity contribution is 7.71. The molecule has 0 fully saturated rings. The molecule has 0 bridgehead atoms.